The van der Waals surface area contributed by atoms with Gasteiger partial charge in [0.25, 0.3) is 11.8 Å². The molecule has 2 aliphatic heterocycles. The van der Waals surface area contributed by atoms with E-state index in [1.165, 1.54) is 18.3 Å². The Morgan fingerprint density at radius 3 is 2.56 bits per heavy atom. The first-order valence-corrected chi connectivity index (χ1v) is 13.3. The molecule has 9 nitrogen and oxygen atoms in total. The maximum Gasteiger partial charge on any atom is 0.280 e. The molecule has 3 N–H and O–H groups in total. The number of nitrogens with one attached hydrogen (secondary N) is 3. The normalized spacial score (nSPS) is 20.1. The van der Waals surface area contributed by atoms with Crippen molar-refractivity contribution >= 4 is 51.6 Å². The van der Waals surface area contributed by atoms with Crippen LogP contribution in [0.2, 0.25) is 5.02 Å². The number of thiazole rings is 1. The first-order chi connectivity index (χ1) is 17.2. The number of likely N-dealkylation sites (tertiary alicyclic amines) is 1. The number of carbonyl (C=O) groups excluding carboxylic acids is 3. The van der Waals surface area contributed by atoms with Gasteiger partial charge >= 0.3 is 0 Å². The number of fused-ring (bicyclic) bond motifs is 2. The fourth-order valence-corrected chi connectivity index (χ4v) is 6.03. The van der Waals surface area contributed by atoms with E-state index in [4.69, 9.17) is 11.6 Å². The molecule has 1 fully saturated rings. The highest BCUT2D eigenvalue weighted by molar-refractivity contribution is 7.13. The molecule has 0 aliphatic carbocycles. The summed E-state index contributed by atoms with van der Waals surface area (Å²) in [7, 11) is 0. The van der Waals surface area contributed by atoms with E-state index >= 15 is 0 Å². The molecule has 2 aliphatic rings. The number of aromatic amines is 1. The van der Waals surface area contributed by atoms with Gasteiger partial charge in [0.2, 0.25) is 5.91 Å². The van der Waals surface area contributed by atoms with Gasteiger partial charge in [-0.2, -0.15) is 0 Å². The smallest absolute Gasteiger partial charge is 0.280 e. The number of hydrogen-bond donors (Lipinski definition) is 3. The third-order valence-electron chi connectivity index (χ3n) is 6.91. The van der Waals surface area contributed by atoms with E-state index in [0.717, 1.165) is 41.0 Å². The van der Waals surface area contributed by atoms with Gasteiger partial charge in [-0.3, -0.25) is 19.3 Å². The minimum atomic E-state index is -0.439. The molecule has 1 saturated heterocycles. The van der Waals surface area contributed by atoms with E-state index in [-0.39, 0.29) is 17.7 Å². The molecular formula is C25H29ClN6O3S. The van der Waals surface area contributed by atoms with Crippen molar-refractivity contribution in [1.29, 1.82) is 0 Å². The van der Waals surface area contributed by atoms with E-state index < -0.39 is 12.1 Å². The first-order valence-electron chi connectivity index (χ1n) is 12.1. The summed E-state index contributed by atoms with van der Waals surface area (Å²) in [5.74, 6) is -0.694. The number of benzene rings is 1. The van der Waals surface area contributed by atoms with Crippen LogP contribution in [0.4, 0.5) is 0 Å². The minimum absolute atomic E-state index is 0.107. The van der Waals surface area contributed by atoms with Crippen LogP contribution < -0.4 is 10.6 Å². The van der Waals surface area contributed by atoms with Crippen LogP contribution in [0.15, 0.2) is 24.3 Å². The SMILES string of the molecule is CC(=O)N1C[C@@H](NC(=O)c2cc3cc(Cl)ccc3[nH]2)[C@H](NC(=O)c2nc3c(s2)CN(C(C)C)CC3)C1. The summed E-state index contributed by atoms with van der Waals surface area (Å²) < 4.78 is 0. The Morgan fingerprint density at radius 1 is 1.14 bits per heavy atom. The van der Waals surface area contributed by atoms with Crippen molar-refractivity contribution in [3.8, 4) is 0 Å². The molecule has 2 atom stereocenters. The zero-order chi connectivity index (χ0) is 25.6. The van der Waals surface area contributed by atoms with Gasteiger partial charge in [-0.1, -0.05) is 11.6 Å². The Kier molecular flexibility index (Phi) is 6.76. The quantitative estimate of drug-likeness (QED) is 0.471. The van der Waals surface area contributed by atoms with Crippen molar-refractivity contribution in [2.75, 3.05) is 19.6 Å². The number of nitrogens with zero attached hydrogens (tertiary/aromatic N) is 3. The Hall–Kier alpha value is -2.95. The van der Waals surface area contributed by atoms with Crippen molar-refractivity contribution in [3.05, 3.63) is 50.6 Å². The Balaban J connectivity index is 1.30. The molecule has 1 aromatic carbocycles. The maximum atomic E-state index is 13.1. The van der Waals surface area contributed by atoms with Crippen LogP contribution in [-0.4, -0.2) is 75.2 Å². The lowest BCUT2D eigenvalue weighted by Crippen LogP contribution is -2.51. The van der Waals surface area contributed by atoms with Crippen LogP contribution in [0.3, 0.4) is 0 Å². The molecule has 0 radical (unpaired) electrons. The van der Waals surface area contributed by atoms with Gasteiger partial charge in [0.05, 0.1) is 17.8 Å². The lowest BCUT2D eigenvalue weighted by molar-refractivity contribution is -0.127. The molecule has 11 heteroatoms. The molecular weight excluding hydrogens is 500 g/mol. The summed E-state index contributed by atoms with van der Waals surface area (Å²) in [6, 6.07) is 6.66. The number of rotatable bonds is 5. The van der Waals surface area contributed by atoms with Crippen LogP contribution in [0.5, 0.6) is 0 Å². The fraction of sp³-hybridized carbons (Fsp3) is 0.440. The number of hydrogen-bond acceptors (Lipinski definition) is 6. The molecule has 4 heterocycles. The predicted octanol–water partition coefficient (Wildman–Crippen LogP) is 2.80. The highest BCUT2D eigenvalue weighted by atomic mass is 35.5. The van der Waals surface area contributed by atoms with Crippen LogP contribution in [0, 0.1) is 0 Å². The van der Waals surface area contributed by atoms with Gasteiger partial charge in [0, 0.05) is 66.4 Å². The monoisotopic (exact) mass is 528 g/mol. The maximum absolute atomic E-state index is 13.1. The van der Waals surface area contributed by atoms with Gasteiger partial charge < -0.3 is 20.5 Å². The summed E-state index contributed by atoms with van der Waals surface area (Å²) >= 11 is 7.49. The summed E-state index contributed by atoms with van der Waals surface area (Å²) in [4.78, 5) is 51.1. The summed E-state index contributed by atoms with van der Waals surface area (Å²) in [5.41, 5.74) is 2.18. The zero-order valence-corrected chi connectivity index (χ0v) is 22.0. The number of amides is 3. The Morgan fingerprint density at radius 2 is 1.86 bits per heavy atom. The molecule has 0 spiro atoms. The van der Waals surface area contributed by atoms with E-state index in [1.54, 1.807) is 23.1 Å². The average Bonchev–Trinajstić information content (AvgIpc) is 3.54. The second-order valence-electron chi connectivity index (χ2n) is 9.70. The van der Waals surface area contributed by atoms with E-state index in [0.29, 0.717) is 34.9 Å². The molecule has 0 unspecified atom stereocenters. The molecule has 3 aromatic rings. The highest BCUT2D eigenvalue weighted by Crippen LogP contribution is 2.27. The largest absolute Gasteiger partial charge is 0.351 e. The lowest BCUT2D eigenvalue weighted by atomic mass is 10.1. The van der Waals surface area contributed by atoms with Gasteiger partial charge in [0.15, 0.2) is 5.01 Å². The predicted molar refractivity (Wildman–Crippen MR) is 139 cm³/mol. The van der Waals surface area contributed by atoms with Crippen molar-refractivity contribution in [3.63, 3.8) is 0 Å². The minimum Gasteiger partial charge on any atom is -0.351 e. The lowest BCUT2D eigenvalue weighted by Gasteiger charge is -2.29. The van der Waals surface area contributed by atoms with Crippen LogP contribution >= 0.6 is 22.9 Å². The average molecular weight is 529 g/mol. The fourth-order valence-electron chi connectivity index (χ4n) is 4.81. The third kappa shape index (κ3) is 4.98. The van der Waals surface area contributed by atoms with Crippen molar-refractivity contribution < 1.29 is 14.4 Å². The summed E-state index contributed by atoms with van der Waals surface area (Å²) in [6.07, 6.45) is 0.827. The summed E-state index contributed by atoms with van der Waals surface area (Å²) in [5, 5.41) is 7.86. The van der Waals surface area contributed by atoms with Crippen LogP contribution in [-0.2, 0) is 17.8 Å². The van der Waals surface area contributed by atoms with Crippen LogP contribution in [0.1, 0.15) is 51.6 Å². The number of H-pyrrole nitrogens is 1. The van der Waals surface area contributed by atoms with Crippen molar-refractivity contribution in [1.82, 2.24) is 30.4 Å². The van der Waals surface area contributed by atoms with Gasteiger partial charge in [-0.15, -0.1) is 11.3 Å². The standard InChI is InChI=1S/C25H29ClN6O3S/c1-13(2)31-7-6-18-22(12-31)36-25(30-18)24(35)29-21-11-32(14(3)33)10-20(21)28-23(34)19-9-15-8-16(26)4-5-17(15)27-19/h4-5,8-9,13,20-21,27H,6-7,10-12H2,1-3H3,(H,28,34)(H,29,35)/t20-,21-/m1/s1. The van der Waals surface area contributed by atoms with E-state index in [9.17, 15) is 14.4 Å². The second-order valence-corrected chi connectivity index (χ2v) is 11.2. The molecule has 2 aromatic heterocycles. The first kappa shape index (κ1) is 24.7. The van der Waals surface area contributed by atoms with Gasteiger partial charge in [-0.05, 0) is 38.1 Å². The van der Waals surface area contributed by atoms with Gasteiger partial charge in [0.1, 0.15) is 5.69 Å². The molecule has 3 amide bonds. The summed E-state index contributed by atoms with van der Waals surface area (Å²) in [6.45, 7) is 8.18. The molecule has 0 bridgehead atoms. The molecule has 0 saturated carbocycles. The number of aromatic nitrogens is 2. The zero-order valence-electron chi connectivity index (χ0n) is 20.4. The second kappa shape index (κ2) is 9.84. The molecule has 5 rings (SSSR count). The Labute approximate surface area is 218 Å². The Bertz CT molecular complexity index is 1330. The topological polar surface area (TPSA) is 110 Å². The molecule has 36 heavy (non-hydrogen) atoms. The van der Waals surface area contributed by atoms with Crippen molar-refractivity contribution in [2.45, 2.75) is 51.9 Å². The highest BCUT2D eigenvalue weighted by Gasteiger charge is 2.37. The number of carbonyl (C=O) groups is 3. The van der Waals surface area contributed by atoms with Gasteiger partial charge in [-0.25, -0.2) is 4.98 Å². The number of halogens is 1. The van der Waals surface area contributed by atoms with Crippen LogP contribution in [0.25, 0.3) is 10.9 Å². The van der Waals surface area contributed by atoms with E-state index in [2.05, 4.69) is 39.3 Å². The molecule has 190 valence electrons. The van der Waals surface area contributed by atoms with E-state index in [1.807, 2.05) is 6.07 Å². The third-order valence-corrected chi connectivity index (χ3v) is 8.23. The van der Waals surface area contributed by atoms with Crippen molar-refractivity contribution in [2.24, 2.45) is 0 Å².